The monoisotopic (exact) mass is 405 g/mol. The Morgan fingerprint density at radius 1 is 1.17 bits per heavy atom. The van der Waals surface area contributed by atoms with E-state index in [1.54, 1.807) is 36.7 Å². The number of hydrogen-bond donors (Lipinski definition) is 1. The molecule has 150 valence electrons. The van der Waals surface area contributed by atoms with E-state index in [0.29, 0.717) is 11.3 Å². The number of aromatic nitrogens is 1. The summed E-state index contributed by atoms with van der Waals surface area (Å²) >= 11 is 0. The third kappa shape index (κ3) is 3.32. The zero-order chi connectivity index (χ0) is 21.3. The predicted octanol–water partition coefficient (Wildman–Crippen LogP) is 3.20. The van der Waals surface area contributed by atoms with Crippen LogP contribution in [0.25, 0.3) is 5.76 Å². The Balaban J connectivity index is 1.80. The second-order valence-corrected chi connectivity index (χ2v) is 6.61. The number of likely N-dealkylation sites (tertiary alicyclic amines) is 1. The maximum atomic E-state index is 12.8. The molecule has 0 spiro atoms. The van der Waals surface area contributed by atoms with E-state index in [1.165, 1.54) is 35.4 Å². The highest BCUT2D eigenvalue weighted by Gasteiger charge is 2.47. The van der Waals surface area contributed by atoms with Crippen LogP contribution in [0.15, 0.2) is 77.2 Å². The molecule has 30 heavy (non-hydrogen) atoms. The minimum atomic E-state index is -0.949. The number of benzene rings is 1. The number of ketones is 1. The quantitative estimate of drug-likeness (QED) is 0.227. The number of aliphatic hydroxyl groups is 1. The lowest BCUT2D eigenvalue weighted by molar-refractivity contribution is -0.384. The molecule has 1 unspecified atom stereocenters. The van der Waals surface area contributed by atoms with Gasteiger partial charge in [-0.05, 0) is 35.9 Å². The molecule has 1 aromatic carbocycles. The number of Topliss-reactive ketones (excluding diaryl/α,β-unsaturated/α-hetero) is 1. The highest BCUT2D eigenvalue weighted by molar-refractivity contribution is 6.46. The van der Waals surface area contributed by atoms with Gasteiger partial charge < -0.3 is 14.4 Å². The van der Waals surface area contributed by atoms with Crippen LogP contribution in [-0.4, -0.2) is 31.6 Å². The van der Waals surface area contributed by atoms with Crippen molar-refractivity contribution in [2.24, 2.45) is 0 Å². The maximum absolute atomic E-state index is 12.8. The van der Waals surface area contributed by atoms with Crippen LogP contribution in [-0.2, 0) is 16.1 Å². The molecule has 1 amide bonds. The third-order valence-electron chi connectivity index (χ3n) is 4.78. The lowest BCUT2D eigenvalue weighted by Crippen LogP contribution is -2.29. The Morgan fingerprint density at radius 2 is 1.93 bits per heavy atom. The first kappa shape index (κ1) is 19.1. The van der Waals surface area contributed by atoms with E-state index in [4.69, 9.17) is 4.42 Å². The zero-order valence-electron chi connectivity index (χ0n) is 15.5. The van der Waals surface area contributed by atoms with E-state index in [1.807, 2.05) is 0 Å². The van der Waals surface area contributed by atoms with Gasteiger partial charge in [0.1, 0.15) is 17.6 Å². The van der Waals surface area contributed by atoms with Gasteiger partial charge in [-0.2, -0.15) is 0 Å². The molecule has 0 saturated carbocycles. The minimum Gasteiger partial charge on any atom is -0.507 e. The molecule has 2 aromatic heterocycles. The van der Waals surface area contributed by atoms with E-state index in [9.17, 15) is 24.8 Å². The number of carbonyl (C=O) groups is 2. The summed E-state index contributed by atoms with van der Waals surface area (Å²) in [6.45, 7) is 0.0841. The third-order valence-corrected chi connectivity index (χ3v) is 4.78. The van der Waals surface area contributed by atoms with Crippen molar-refractivity contribution in [1.82, 2.24) is 9.88 Å². The molecule has 0 bridgehead atoms. The lowest BCUT2D eigenvalue weighted by Gasteiger charge is -2.23. The van der Waals surface area contributed by atoms with Crippen LogP contribution in [0.3, 0.4) is 0 Å². The number of pyridine rings is 1. The van der Waals surface area contributed by atoms with Gasteiger partial charge in [-0.25, -0.2) is 0 Å². The molecular weight excluding hydrogens is 390 g/mol. The molecule has 1 saturated heterocycles. The Labute approximate surface area is 170 Å². The van der Waals surface area contributed by atoms with E-state index >= 15 is 0 Å². The molecule has 3 aromatic rings. The molecule has 1 aliphatic heterocycles. The van der Waals surface area contributed by atoms with Crippen LogP contribution in [0, 0.1) is 10.1 Å². The van der Waals surface area contributed by atoms with Gasteiger partial charge in [0.2, 0.25) is 0 Å². The van der Waals surface area contributed by atoms with Crippen molar-refractivity contribution >= 4 is 23.1 Å². The highest BCUT2D eigenvalue weighted by Crippen LogP contribution is 2.40. The van der Waals surface area contributed by atoms with Gasteiger partial charge in [-0.15, -0.1) is 0 Å². The van der Waals surface area contributed by atoms with Gasteiger partial charge in [0, 0.05) is 36.6 Å². The Morgan fingerprint density at radius 3 is 2.53 bits per heavy atom. The SMILES string of the molecule is O=C1C(=O)N(Cc2cccnc2)C(c2ccco2)/C1=C(/O)c1ccc([N+](=O)[O-])cc1. The molecule has 4 rings (SSSR count). The molecule has 0 aliphatic carbocycles. The summed E-state index contributed by atoms with van der Waals surface area (Å²) in [4.78, 5) is 41.2. The van der Waals surface area contributed by atoms with Crippen molar-refractivity contribution in [3.8, 4) is 0 Å². The Hall–Kier alpha value is -4.27. The van der Waals surface area contributed by atoms with Crippen LogP contribution in [0.2, 0.25) is 0 Å². The minimum absolute atomic E-state index is 0.0841. The summed E-state index contributed by atoms with van der Waals surface area (Å²) in [5, 5.41) is 21.7. The fourth-order valence-electron chi connectivity index (χ4n) is 3.37. The smallest absolute Gasteiger partial charge is 0.296 e. The lowest BCUT2D eigenvalue weighted by atomic mass is 9.99. The van der Waals surface area contributed by atoms with Gasteiger partial charge in [0.25, 0.3) is 17.4 Å². The van der Waals surface area contributed by atoms with Crippen LogP contribution in [0.5, 0.6) is 0 Å². The first-order valence-electron chi connectivity index (χ1n) is 8.93. The topological polar surface area (TPSA) is 127 Å². The first-order chi connectivity index (χ1) is 14.5. The molecule has 0 radical (unpaired) electrons. The molecule has 1 aliphatic rings. The summed E-state index contributed by atoms with van der Waals surface area (Å²) in [5.74, 6) is -1.78. The molecule has 9 heteroatoms. The number of furan rings is 1. The van der Waals surface area contributed by atoms with Gasteiger partial charge in [0.15, 0.2) is 0 Å². The van der Waals surface area contributed by atoms with Gasteiger partial charge >= 0.3 is 0 Å². The summed E-state index contributed by atoms with van der Waals surface area (Å²) in [6, 6.07) is 10.8. The predicted molar refractivity (Wildman–Crippen MR) is 104 cm³/mol. The van der Waals surface area contributed by atoms with Gasteiger partial charge in [-0.1, -0.05) is 6.07 Å². The molecule has 3 heterocycles. The van der Waals surface area contributed by atoms with Gasteiger partial charge in [0.05, 0.1) is 16.8 Å². The number of nitrogens with zero attached hydrogens (tertiary/aromatic N) is 3. The zero-order valence-corrected chi connectivity index (χ0v) is 15.5. The number of amides is 1. The molecule has 9 nitrogen and oxygen atoms in total. The van der Waals surface area contributed by atoms with Gasteiger partial charge in [-0.3, -0.25) is 24.7 Å². The van der Waals surface area contributed by atoms with E-state index < -0.39 is 28.4 Å². The average Bonchev–Trinajstić information content (AvgIpc) is 3.37. The van der Waals surface area contributed by atoms with Crippen LogP contribution in [0.4, 0.5) is 5.69 Å². The van der Waals surface area contributed by atoms with Crippen molar-refractivity contribution in [2.75, 3.05) is 0 Å². The Kier molecular flexibility index (Phi) is 4.85. The van der Waals surface area contributed by atoms with Crippen molar-refractivity contribution in [1.29, 1.82) is 0 Å². The largest absolute Gasteiger partial charge is 0.507 e. The van der Waals surface area contributed by atoms with E-state index in [-0.39, 0.29) is 23.4 Å². The summed E-state index contributed by atoms with van der Waals surface area (Å²) in [5.41, 5.74) is 0.571. The van der Waals surface area contributed by atoms with E-state index in [2.05, 4.69) is 4.98 Å². The molecule has 1 atom stereocenters. The number of aliphatic hydroxyl groups excluding tert-OH is 1. The Bertz CT molecular complexity index is 1140. The number of rotatable bonds is 5. The fraction of sp³-hybridized carbons (Fsp3) is 0.0952. The first-order valence-corrected chi connectivity index (χ1v) is 8.93. The molecule has 1 fully saturated rings. The number of nitro groups is 1. The second kappa shape index (κ2) is 7.63. The standard InChI is InChI=1S/C21H15N3O6/c25-19(14-5-7-15(8-6-14)24(28)29)17-18(16-4-2-10-30-16)23(21(27)20(17)26)12-13-3-1-9-22-11-13/h1-11,18,25H,12H2/b19-17-. The average molecular weight is 405 g/mol. The normalized spacial score (nSPS) is 18.0. The molecular formula is C21H15N3O6. The van der Waals surface area contributed by atoms with Crippen LogP contribution >= 0.6 is 0 Å². The molecule has 1 N–H and O–H groups in total. The van der Waals surface area contributed by atoms with Crippen LogP contribution < -0.4 is 0 Å². The summed E-state index contributed by atoms with van der Waals surface area (Å²) in [6.07, 6.45) is 4.58. The second-order valence-electron chi connectivity index (χ2n) is 6.61. The number of nitro benzene ring substituents is 1. The number of non-ortho nitro benzene ring substituents is 1. The fourth-order valence-corrected chi connectivity index (χ4v) is 3.37. The summed E-state index contributed by atoms with van der Waals surface area (Å²) in [7, 11) is 0. The maximum Gasteiger partial charge on any atom is 0.296 e. The van der Waals surface area contributed by atoms with Crippen molar-refractivity contribution in [2.45, 2.75) is 12.6 Å². The van der Waals surface area contributed by atoms with E-state index in [0.717, 1.165) is 0 Å². The van der Waals surface area contributed by atoms with Crippen molar-refractivity contribution in [3.05, 3.63) is 99.8 Å². The number of carbonyl (C=O) groups excluding carboxylic acids is 2. The van der Waals surface area contributed by atoms with Crippen LogP contribution in [0.1, 0.15) is 22.9 Å². The van der Waals surface area contributed by atoms with Crippen molar-refractivity contribution < 1.29 is 24.0 Å². The number of hydrogen-bond acceptors (Lipinski definition) is 7. The highest BCUT2D eigenvalue weighted by atomic mass is 16.6. The van der Waals surface area contributed by atoms with Crippen molar-refractivity contribution in [3.63, 3.8) is 0 Å². The summed E-state index contributed by atoms with van der Waals surface area (Å²) < 4.78 is 5.45.